The van der Waals surface area contributed by atoms with Gasteiger partial charge < -0.3 is 11.1 Å². The zero-order valence-electron chi connectivity index (χ0n) is 15.6. The van der Waals surface area contributed by atoms with E-state index in [0.29, 0.717) is 5.25 Å². The summed E-state index contributed by atoms with van der Waals surface area (Å²) < 4.78 is -0.299. The van der Waals surface area contributed by atoms with Crippen molar-refractivity contribution >= 4 is 17.8 Å². The minimum atomic E-state index is -0.436. The van der Waals surface area contributed by atoms with E-state index in [-0.39, 0.29) is 10.8 Å². The van der Waals surface area contributed by atoms with Crippen molar-refractivity contribution in [3.05, 3.63) is 108 Å². The smallest absolute Gasteiger partial charge is 0.312 e. The lowest BCUT2D eigenvalue weighted by atomic mass is 9.84. The number of carbonyl (C=O) groups is 1. The largest absolute Gasteiger partial charge is 0.352 e. The van der Waals surface area contributed by atoms with Crippen molar-refractivity contribution in [2.75, 3.05) is 0 Å². The summed E-state index contributed by atoms with van der Waals surface area (Å²) in [5, 5.41) is 3.28. The molecule has 2 amide bonds. The standard InChI is InChI=1S/C24H24N2OS/c25-23(27)26-21-16-22(17-21)28-24(18-10-4-1-5-11-18,19-12-6-2-7-13-19)20-14-8-3-9-15-20/h1-15,21-22H,16-17H2,(H3,25,26,27). The van der Waals surface area contributed by atoms with Gasteiger partial charge in [0.25, 0.3) is 0 Å². The first-order valence-electron chi connectivity index (χ1n) is 9.59. The number of carbonyl (C=O) groups excluding carboxylic acids is 1. The van der Waals surface area contributed by atoms with Gasteiger partial charge in [-0.2, -0.15) is 0 Å². The Kier molecular flexibility index (Phi) is 5.40. The lowest BCUT2D eigenvalue weighted by Gasteiger charge is -2.43. The van der Waals surface area contributed by atoms with Crippen LogP contribution in [0.15, 0.2) is 91.0 Å². The average Bonchev–Trinajstić information content (AvgIpc) is 2.71. The SMILES string of the molecule is NC(=O)NC1CC(SC(c2ccccc2)(c2ccccc2)c2ccccc2)C1. The van der Waals surface area contributed by atoms with E-state index < -0.39 is 6.03 Å². The number of thioether (sulfide) groups is 1. The summed E-state index contributed by atoms with van der Waals surface area (Å²) in [5.74, 6) is 0. The van der Waals surface area contributed by atoms with E-state index in [1.165, 1.54) is 16.7 Å². The van der Waals surface area contributed by atoms with E-state index in [4.69, 9.17) is 5.73 Å². The van der Waals surface area contributed by atoms with Crippen molar-refractivity contribution in [1.29, 1.82) is 0 Å². The molecule has 4 heteroatoms. The fourth-order valence-corrected chi connectivity index (χ4v) is 5.93. The van der Waals surface area contributed by atoms with Crippen LogP contribution in [0.3, 0.4) is 0 Å². The molecule has 0 saturated heterocycles. The van der Waals surface area contributed by atoms with Crippen LogP contribution < -0.4 is 11.1 Å². The van der Waals surface area contributed by atoms with E-state index in [9.17, 15) is 4.79 Å². The molecular formula is C24H24N2OS. The zero-order chi connectivity index (χ0) is 19.4. The van der Waals surface area contributed by atoms with Crippen molar-refractivity contribution < 1.29 is 4.79 Å². The first-order chi connectivity index (χ1) is 13.7. The summed E-state index contributed by atoms with van der Waals surface area (Å²) >= 11 is 1.98. The van der Waals surface area contributed by atoms with Gasteiger partial charge in [-0.15, -0.1) is 11.8 Å². The van der Waals surface area contributed by atoms with E-state index in [0.717, 1.165) is 12.8 Å². The molecule has 0 atom stereocenters. The fraction of sp³-hybridized carbons (Fsp3) is 0.208. The molecule has 142 valence electrons. The van der Waals surface area contributed by atoms with Crippen LogP contribution in [0.1, 0.15) is 29.5 Å². The molecular weight excluding hydrogens is 364 g/mol. The Morgan fingerprint density at radius 2 is 1.18 bits per heavy atom. The van der Waals surface area contributed by atoms with Gasteiger partial charge in [-0.25, -0.2) is 4.79 Å². The Morgan fingerprint density at radius 1 is 0.786 bits per heavy atom. The topological polar surface area (TPSA) is 55.1 Å². The molecule has 1 fully saturated rings. The number of nitrogens with one attached hydrogen (secondary N) is 1. The lowest BCUT2D eigenvalue weighted by Crippen LogP contribution is -2.48. The summed E-state index contributed by atoms with van der Waals surface area (Å²) in [4.78, 5) is 11.2. The highest BCUT2D eigenvalue weighted by atomic mass is 32.2. The number of nitrogens with two attached hydrogens (primary N) is 1. The van der Waals surface area contributed by atoms with Gasteiger partial charge in [-0.1, -0.05) is 91.0 Å². The van der Waals surface area contributed by atoms with Gasteiger partial charge in [-0.05, 0) is 29.5 Å². The lowest BCUT2D eigenvalue weighted by molar-refractivity contribution is 0.237. The van der Waals surface area contributed by atoms with Gasteiger partial charge in [0.05, 0.1) is 4.75 Å². The minimum Gasteiger partial charge on any atom is -0.352 e. The molecule has 0 aromatic heterocycles. The Hall–Kier alpha value is -2.72. The Balaban J connectivity index is 1.77. The predicted molar refractivity (Wildman–Crippen MR) is 116 cm³/mol. The first-order valence-corrected chi connectivity index (χ1v) is 10.5. The van der Waals surface area contributed by atoms with Crippen LogP contribution in [0, 0.1) is 0 Å². The third kappa shape index (κ3) is 3.65. The summed E-state index contributed by atoms with van der Waals surface area (Å²) in [6, 6.07) is 31.8. The predicted octanol–water partition coefficient (Wildman–Crippen LogP) is 4.91. The maximum atomic E-state index is 11.2. The normalized spacial score (nSPS) is 18.9. The van der Waals surface area contributed by atoms with Crippen molar-refractivity contribution in [2.45, 2.75) is 28.9 Å². The molecule has 4 rings (SSSR count). The van der Waals surface area contributed by atoms with Crippen LogP contribution in [-0.4, -0.2) is 17.3 Å². The van der Waals surface area contributed by atoms with Gasteiger partial charge >= 0.3 is 6.03 Å². The molecule has 0 unspecified atom stereocenters. The van der Waals surface area contributed by atoms with Gasteiger partial charge in [0, 0.05) is 11.3 Å². The number of benzene rings is 3. The van der Waals surface area contributed by atoms with Gasteiger partial charge in [0.1, 0.15) is 0 Å². The van der Waals surface area contributed by atoms with Crippen LogP contribution in [0.4, 0.5) is 4.79 Å². The maximum absolute atomic E-state index is 11.2. The molecule has 3 nitrogen and oxygen atoms in total. The molecule has 1 aliphatic rings. The fourth-order valence-electron chi connectivity index (χ4n) is 3.95. The number of rotatable bonds is 6. The highest BCUT2D eigenvalue weighted by Crippen LogP contribution is 2.53. The zero-order valence-corrected chi connectivity index (χ0v) is 16.4. The second kappa shape index (κ2) is 8.11. The monoisotopic (exact) mass is 388 g/mol. The highest BCUT2D eigenvalue weighted by molar-refractivity contribution is 8.01. The number of primary amides is 1. The van der Waals surface area contributed by atoms with E-state index >= 15 is 0 Å². The third-order valence-corrected chi connectivity index (χ3v) is 7.10. The van der Waals surface area contributed by atoms with Crippen LogP contribution in [-0.2, 0) is 4.75 Å². The minimum absolute atomic E-state index is 0.176. The van der Waals surface area contributed by atoms with Crippen molar-refractivity contribution in [3.8, 4) is 0 Å². The molecule has 3 N–H and O–H groups in total. The number of hydrogen-bond donors (Lipinski definition) is 2. The maximum Gasteiger partial charge on any atom is 0.312 e. The number of hydrogen-bond acceptors (Lipinski definition) is 2. The molecule has 0 bridgehead atoms. The van der Waals surface area contributed by atoms with Crippen molar-refractivity contribution in [2.24, 2.45) is 5.73 Å². The average molecular weight is 389 g/mol. The summed E-state index contributed by atoms with van der Waals surface area (Å²) in [7, 11) is 0. The Morgan fingerprint density at radius 3 is 1.54 bits per heavy atom. The molecule has 3 aromatic carbocycles. The van der Waals surface area contributed by atoms with Crippen molar-refractivity contribution in [3.63, 3.8) is 0 Å². The molecule has 3 aromatic rings. The van der Waals surface area contributed by atoms with Crippen LogP contribution in [0.2, 0.25) is 0 Å². The van der Waals surface area contributed by atoms with E-state index in [2.05, 4.69) is 96.3 Å². The van der Waals surface area contributed by atoms with Gasteiger partial charge in [0.15, 0.2) is 0 Å². The second-order valence-corrected chi connectivity index (χ2v) is 8.71. The molecule has 1 saturated carbocycles. The van der Waals surface area contributed by atoms with E-state index in [1.807, 2.05) is 11.8 Å². The van der Waals surface area contributed by atoms with Crippen LogP contribution in [0.25, 0.3) is 0 Å². The molecule has 28 heavy (non-hydrogen) atoms. The van der Waals surface area contributed by atoms with Gasteiger partial charge in [-0.3, -0.25) is 0 Å². The summed E-state index contributed by atoms with van der Waals surface area (Å²) in [5.41, 5.74) is 9.09. The van der Waals surface area contributed by atoms with Crippen molar-refractivity contribution in [1.82, 2.24) is 5.32 Å². The molecule has 0 radical (unpaired) electrons. The van der Waals surface area contributed by atoms with Crippen LogP contribution >= 0.6 is 11.8 Å². The number of amides is 2. The summed E-state index contributed by atoms with van der Waals surface area (Å²) in [6.07, 6.45) is 1.86. The first kappa shape index (κ1) is 18.6. The Bertz CT molecular complexity index is 812. The molecule has 0 aliphatic heterocycles. The summed E-state index contributed by atoms with van der Waals surface area (Å²) in [6.45, 7) is 0. The second-order valence-electron chi connectivity index (χ2n) is 7.20. The number of urea groups is 1. The highest BCUT2D eigenvalue weighted by Gasteiger charge is 2.43. The van der Waals surface area contributed by atoms with Gasteiger partial charge in [0.2, 0.25) is 0 Å². The third-order valence-electron chi connectivity index (χ3n) is 5.33. The van der Waals surface area contributed by atoms with Crippen LogP contribution in [0.5, 0.6) is 0 Å². The van der Waals surface area contributed by atoms with E-state index in [1.54, 1.807) is 0 Å². The quantitative estimate of drug-likeness (QED) is 0.590. The molecule has 0 heterocycles. The molecule has 0 spiro atoms. The molecule has 1 aliphatic carbocycles. The Labute approximate surface area is 170 Å².